The molecule has 0 fully saturated rings. The third-order valence-electron chi connectivity index (χ3n) is 10.7. The molecule has 58 heavy (non-hydrogen) atoms. The summed E-state index contributed by atoms with van der Waals surface area (Å²) in [6, 6.07) is 47.0. The lowest BCUT2D eigenvalue weighted by molar-refractivity contribution is -0.117. The number of benzene rings is 4. The quantitative estimate of drug-likeness (QED) is 0.0884. The SMILES string of the molecule is NCCCC[C@H](N)C(=O)Nc1ccc(-c2c3nc(c(-c4ccccc4)c4ccc([nH]4)c(-c4ccccc4)c4nc(c(-c5ccccc5)c5ccc2[nH]5)C=C4)C=C3)cc1. The summed E-state index contributed by atoms with van der Waals surface area (Å²) in [6.45, 7) is 0.584. The van der Waals surface area contributed by atoms with Crippen molar-refractivity contribution in [1.82, 2.24) is 19.9 Å². The molecule has 8 nitrogen and oxygen atoms in total. The summed E-state index contributed by atoms with van der Waals surface area (Å²) >= 11 is 0. The van der Waals surface area contributed by atoms with Crippen LogP contribution in [0.25, 0.3) is 90.9 Å². The minimum atomic E-state index is -0.602. The van der Waals surface area contributed by atoms with E-state index in [1.165, 1.54) is 0 Å². The molecule has 9 rings (SSSR count). The van der Waals surface area contributed by atoms with Crippen LogP contribution in [0.2, 0.25) is 0 Å². The van der Waals surface area contributed by atoms with Crippen LogP contribution in [-0.4, -0.2) is 38.4 Å². The first-order valence-corrected chi connectivity index (χ1v) is 19.7. The van der Waals surface area contributed by atoms with Crippen LogP contribution in [0.5, 0.6) is 0 Å². The number of hydrogen-bond donors (Lipinski definition) is 5. The maximum atomic E-state index is 12.9. The molecule has 5 heterocycles. The summed E-state index contributed by atoms with van der Waals surface area (Å²) in [6.07, 6.45) is 10.6. The van der Waals surface area contributed by atoms with Crippen LogP contribution >= 0.6 is 0 Å². The molecule has 284 valence electrons. The molecule has 0 radical (unpaired) electrons. The van der Waals surface area contributed by atoms with Crippen molar-refractivity contribution in [3.05, 3.63) is 162 Å². The van der Waals surface area contributed by atoms with Crippen LogP contribution in [0.4, 0.5) is 5.69 Å². The number of hydrogen-bond acceptors (Lipinski definition) is 5. The van der Waals surface area contributed by atoms with Crippen molar-refractivity contribution >= 4 is 58.0 Å². The van der Waals surface area contributed by atoms with Crippen molar-refractivity contribution < 1.29 is 4.79 Å². The Morgan fingerprint density at radius 3 is 1.22 bits per heavy atom. The minimum Gasteiger partial charge on any atom is -0.354 e. The van der Waals surface area contributed by atoms with Crippen molar-refractivity contribution in [2.45, 2.75) is 25.3 Å². The number of rotatable bonds is 10. The summed E-state index contributed by atoms with van der Waals surface area (Å²) in [4.78, 5) is 31.3. The van der Waals surface area contributed by atoms with Gasteiger partial charge in [0.15, 0.2) is 0 Å². The molecule has 0 aliphatic carbocycles. The number of nitrogens with two attached hydrogens (primary N) is 2. The number of amides is 1. The lowest BCUT2D eigenvalue weighted by atomic mass is 10.0. The molecule has 0 unspecified atom stereocenters. The lowest BCUT2D eigenvalue weighted by Crippen LogP contribution is -2.35. The number of anilines is 1. The standard InChI is InChI=1S/C50H43N7O/c51-31-11-10-18-37(52)50(58)53-36-21-19-35(20-22-36)49-44-29-27-42(56-44)47(33-14-6-2-7-15-33)40-25-23-38(54-40)46(32-12-4-1-5-13-32)39-24-26-41(55-39)48(34-16-8-3-9-17-34)43-28-30-45(49)57-43/h1-9,12-17,19-30,37,54,57H,10-11,18,31,51-52H2,(H,53,58)/t37-/m0/s1. The van der Waals surface area contributed by atoms with E-state index in [1.54, 1.807) is 0 Å². The molecule has 0 spiro atoms. The van der Waals surface area contributed by atoms with Gasteiger partial charge in [-0.05, 0) is 102 Å². The van der Waals surface area contributed by atoms with Crippen LogP contribution in [0.15, 0.2) is 140 Å². The van der Waals surface area contributed by atoms with Gasteiger partial charge in [0.05, 0.1) is 28.8 Å². The number of carbonyl (C=O) groups excluding carboxylic acids is 1. The van der Waals surface area contributed by atoms with Crippen molar-refractivity contribution in [3.63, 3.8) is 0 Å². The number of aromatic nitrogens is 4. The normalized spacial score (nSPS) is 12.4. The number of nitrogens with zero attached hydrogens (tertiary/aromatic N) is 2. The Morgan fingerprint density at radius 1 is 0.500 bits per heavy atom. The van der Waals surface area contributed by atoms with Gasteiger partial charge < -0.3 is 26.8 Å². The molecule has 8 heteroatoms. The highest BCUT2D eigenvalue weighted by Crippen LogP contribution is 2.38. The topological polar surface area (TPSA) is 138 Å². The smallest absolute Gasteiger partial charge is 0.241 e. The van der Waals surface area contributed by atoms with Crippen LogP contribution in [-0.2, 0) is 4.79 Å². The number of carbonyl (C=O) groups is 1. The van der Waals surface area contributed by atoms with E-state index in [0.29, 0.717) is 18.7 Å². The van der Waals surface area contributed by atoms with E-state index >= 15 is 0 Å². The van der Waals surface area contributed by atoms with Gasteiger partial charge >= 0.3 is 0 Å². The zero-order valence-corrected chi connectivity index (χ0v) is 32.0. The summed E-state index contributed by atoms with van der Waals surface area (Å²) in [7, 11) is 0. The van der Waals surface area contributed by atoms with Gasteiger partial charge in [-0.25, -0.2) is 9.97 Å². The fourth-order valence-electron chi connectivity index (χ4n) is 7.83. The van der Waals surface area contributed by atoms with E-state index in [9.17, 15) is 4.79 Å². The van der Waals surface area contributed by atoms with Crippen molar-refractivity contribution in [2.75, 3.05) is 11.9 Å². The molecule has 0 saturated heterocycles. The highest BCUT2D eigenvalue weighted by molar-refractivity contribution is 6.00. The van der Waals surface area contributed by atoms with Gasteiger partial charge in [-0.15, -0.1) is 0 Å². The number of aromatic amines is 2. The van der Waals surface area contributed by atoms with Crippen molar-refractivity contribution in [2.24, 2.45) is 11.5 Å². The molecule has 0 saturated carbocycles. The van der Waals surface area contributed by atoms with Gasteiger partial charge in [0.25, 0.3) is 0 Å². The number of nitrogens with one attached hydrogen (secondary N) is 3. The van der Waals surface area contributed by atoms with Crippen molar-refractivity contribution in [1.29, 1.82) is 0 Å². The first kappa shape index (κ1) is 36.5. The predicted octanol–water partition coefficient (Wildman–Crippen LogP) is 10.7. The average Bonchev–Trinajstić information content (AvgIpc) is 4.11. The number of unbranched alkanes of at least 4 members (excludes halogenated alkanes) is 1. The Kier molecular flexibility index (Phi) is 10.2. The van der Waals surface area contributed by atoms with Gasteiger partial charge in [-0.2, -0.15) is 0 Å². The molecule has 7 aromatic rings. The third kappa shape index (κ3) is 7.30. The fraction of sp³-hybridized carbons (Fsp3) is 0.100. The van der Waals surface area contributed by atoms with Crippen LogP contribution in [0.1, 0.15) is 42.0 Å². The van der Waals surface area contributed by atoms with Gasteiger partial charge in [0, 0.05) is 50.0 Å². The van der Waals surface area contributed by atoms with E-state index in [4.69, 9.17) is 21.4 Å². The maximum Gasteiger partial charge on any atom is 0.241 e. The Balaban J connectivity index is 1.31. The zero-order chi connectivity index (χ0) is 39.4. The number of H-pyrrole nitrogens is 2. The highest BCUT2D eigenvalue weighted by Gasteiger charge is 2.19. The van der Waals surface area contributed by atoms with Crippen LogP contribution in [0, 0.1) is 0 Å². The van der Waals surface area contributed by atoms with Crippen LogP contribution < -0.4 is 16.8 Å². The molecular formula is C50H43N7O. The molecule has 8 bridgehead atoms. The van der Waals surface area contributed by atoms with E-state index < -0.39 is 6.04 Å². The molecule has 1 amide bonds. The fourth-order valence-corrected chi connectivity index (χ4v) is 7.83. The highest BCUT2D eigenvalue weighted by atomic mass is 16.2. The molecule has 2 aliphatic heterocycles. The molecule has 3 aromatic heterocycles. The zero-order valence-electron chi connectivity index (χ0n) is 32.0. The Labute approximate surface area is 337 Å². The second-order valence-electron chi connectivity index (χ2n) is 14.6. The molecular weight excluding hydrogens is 715 g/mol. The van der Waals surface area contributed by atoms with Gasteiger partial charge in [0.1, 0.15) is 0 Å². The monoisotopic (exact) mass is 757 g/mol. The van der Waals surface area contributed by atoms with Crippen LogP contribution in [0.3, 0.4) is 0 Å². The summed E-state index contributed by atoms with van der Waals surface area (Å²) in [5.74, 6) is -0.211. The largest absolute Gasteiger partial charge is 0.354 e. The van der Waals surface area contributed by atoms with E-state index in [1.807, 2.05) is 42.5 Å². The first-order valence-electron chi connectivity index (χ1n) is 19.7. The van der Waals surface area contributed by atoms with Gasteiger partial charge in [-0.1, -0.05) is 110 Å². The summed E-state index contributed by atoms with van der Waals surface area (Å²) in [5, 5.41) is 3.00. The third-order valence-corrected chi connectivity index (χ3v) is 10.7. The molecule has 4 aromatic carbocycles. The predicted molar refractivity (Wildman–Crippen MR) is 240 cm³/mol. The summed E-state index contributed by atoms with van der Waals surface area (Å²) in [5.41, 5.74) is 27.6. The van der Waals surface area contributed by atoms with Gasteiger partial charge in [-0.3, -0.25) is 4.79 Å². The van der Waals surface area contributed by atoms with E-state index in [-0.39, 0.29) is 5.91 Å². The Hall–Kier alpha value is -7.13. The molecule has 2 aliphatic rings. The second-order valence-corrected chi connectivity index (χ2v) is 14.6. The lowest BCUT2D eigenvalue weighted by Gasteiger charge is -2.12. The van der Waals surface area contributed by atoms with E-state index in [2.05, 4.69) is 137 Å². The molecule has 7 N–H and O–H groups in total. The second kappa shape index (κ2) is 16.2. The Morgan fingerprint density at radius 2 is 0.862 bits per heavy atom. The van der Waals surface area contributed by atoms with Crippen molar-refractivity contribution in [3.8, 4) is 44.5 Å². The van der Waals surface area contributed by atoms with E-state index in [0.717, 1.165) is 102 Å². The summed E-state index contributed by atoms with van der Waals surface area (Å²) < 4.78 is 0. The van der Waals surface area contributed by atoms with Gasteiger partial charge in [0.2, 0.25) is 5.91 Å². The minimum absolute atomic E-state index is 0.211. The maximum absolute atomic E-state index is 12.9. The first-order chi connectivity index (χ1) is 28.5. The molecule has 1 atom stereocenters. The number of fused-ring (bicyclic) bond motifs is 8. The Bertz CT molecular complexity index is 2800. The average molecular weight is 758 g/mol.